The van der Waals surface area contributed by atoms with Crippen LogP contribution in [0.2, 0.25) is 0 Å². The van der Waals surface area contributed by atoms with Gasteiger partial charge in [-0.3, -0.25) is 0 Å². The summed E-state index contributed by atoms with van der Waals surface area (Å²) in [4.78, 5) is 2.63. The van der Waals surface area contributed by atoms with Crippen molar-refractivity contribution in [1.29, 1.82) is 0 Å². The molecule has 2 fully saturated rings. The highest BCUT2D eigenvalue weighted by atomic mass is 16.3. The lowest BCUT2D eigenvalue weighted by Gasteiger charge is -2.40. The van der Waals surface area contributed by atoms with Crippen LogP contribution < -0.4 is 5.32 Å². The van der Waals surface area contributed by atoms with Crippen LogP contribution in [0.3, 0.4) is 0 Å². The van der Waals surface area contributed by atoms with Crippen molar-refractivity contribution in [3.8, 4) is 0 Å². The molecule has 0 aliphatic carbocycles. The van der Waals surface area contributed by atoms with Crippen LogP contribution in [0, 0.1) is 5.92 Å². The van der Waals surface area contributed by atoms with Gasteiger partial charge in [-0.2, -0.15) is 0 Å². The third-order valence-corrected chi connectivity index (χ3v) is 5.36. The number of furan rings is 1. The summed E-state index contributed by atoms with van der Waals surface area (Å²) in [5.74, 6) is 1.94. The molecule has 2 aliphatic heterocycles. The van der Waals surface area contributed by atoms with Crippen molar-refractivity contribution in [1.82, 2.24) is 10.2 Å². The molecule has 0 saturated carbocycles. The molecule has 1 N–H and O–H groups in total. The van der Waals surface area contributed by atoms with E-state index in [0.717, 1.165) is 36.7 Å². The van der Waals surface area contributed by atoms with Gasteiger partial charge in [-0.1, -0.05) is 6.92 Å². The lowest BCUT2D eigenvalue weighted by atomic mass is 9.83. The monoisotopic (exact) mass is 276 g/mol. The summed E-state index contributed by atoms with van der Waals surface area (Å²) in [5, 5.41) is 3.78. The third-order valence-electron chi connectivity index (χ3n) is 5.36. The largest absolute Gasteiger partial charge is 0.469 e. The zero-order valence-electron chi connectivity index (χ0n) is 12.8. The van der Waals surface area contributed by atoms with Gasteiger partial charge in [-0.25, -0.2) is 0 Å². The third kappa shape index (κ3) is 2.94. The van der Waals surface area contributed by atoms with E-state index in [1.807, 2.05) is 6.07 Å². The summed E-state index contributed by atoms with van der Waals surface area (Å²) < 4.78 is 5.57. The highest BCUT2D eigenvalue weighted by Gasteiger charge is 2.40. The van der Waals surface area contributed by atoms with Gasteiger partial charge in [0.2, 0.25) is 0 Å². The molecule has 0 spiro atoms. The Morgan fingerprint density at radius 1 is 1.35 bits per heavy atom. The molecule has 20 heavy (non-hydrogen) atoms. The topological polar surface area (TPSA) is 28.4 Å². The average Bonchev–Trinajstić information content (AvgIpc) is 3.00. The number of nitrogens with zero attached hydrogens (tertiary/aromatic N) is 1. The molecule has 1 aromatic rings. The van der Waals surface area contributed by atoms with Crippen molar-refractivity contribution in [3.63, 3.8) is 0 Å². The quantitative estimate of drug-likeness (QED) is 0.865. The minimum atomic E-state index is 0.581. The smallest absolute Gasteiger partial charge is 0.105 e. The molecule has 3 rings (SSSR count). The van der Waals surface area contributed by atoms with Crippen molar-refractivity contribution in [2.24, 2.45) is 5.92 Å². The standard InChI is InChI=1S/C17H28N2O/c1-3-8-18-17(12-16-5-4-9-20-16)13-10-14-6-7-15(11-13)19(14)2/h4-5,9,13-15,17-18H,3,6-8,10-12H2,1-2H3. The maximum absolute atomic E-state index is 5.57. The zero-order chi connectivity index (χ0) is 13.9. The maximum atomic E-state index is 5.57. The van der Waals surface area contributed by atoms with E-state index in [1.165, 1.54) is 32.1 Å². The molecular formula is C17H28N2O. The number of rotatable bonds is 6. The fourth-order valence-electron chi connectivity index (χ4n) is 4.16. The Morgan fingerprint density at radius 3 is 2.70 bits per heavy atom. The van der Waals surface area contributed by atoms with E-state index in [0.29, 0.717) is 6.04 Å². The van der Waals surface area contributed by atoms with Gasteiger partial charge in [0, 0.05) is 24.5 Å². The summed E-state index contributed by atoms with van der Waals surface area (Å²) in [6.45, 7) is 3.36. The van der Waals surface area contributed by atoms with Gasteiger partial charge in [0.1, 0.15) is 5.76 Å². The van der Waals surface area contributed by atoms with Crippen LogP contribution in [0.15, 0.2) is 22.8 Å². The molecule has 0 amide bonds. The summed E-state index contributed by atoms with van der Waals surface area (Å²) in [5.41, 5.74) is 0. The van der Waals surface area contributed by atoms with Crippen LogP contribution in [0.1, 0.15) is 44.8 Å². The summed E-state index contributed by atoms with van der Waals surface area (Å²) in [6.07, 6.45) is 9.56. The van der Waals surface area contributed by atoms with Crippen molar-refractivity contribution in [2.75, 3.05) is 13.6 Å². The predicted octanol–water partition coefficient (Wildman–Crippen LogP) is 3.06. The molecule has 2 bridgehead atoms. The first-order chi connectivity index (χ1) is 9.78. The minimum Gasteiger partial charge on any atom is -0.469 e. The fraction of sp³-hybridized carbons (Fsp3) is 0.765. The van der Waals surface area contributed by atoms with Crippen molar-refractivity contribution in [3.05, 3.63) is 24.2 Å². The Hall–Kier alpha value is -0.800. The van der Waals surface area contributed by atoms with Gasteiger partial charge < -0.3 is 14.6 Å². The number of piperidine rings is 1. The molecule has 0 aromatic carbocycles. The van der Waals surface area contributed by atoms with Crippen LogP contribution in [-0.4, -0.2) is 36.6 Å². The molecule has 112 valence electrons. The predicted molar refractivity (Wildman–Crippen MR) is 81.8 cm³/mol. The molecular weight excluding hydrogens is 248 g/mol. The second kappa shape index (κ2) is 6.31. The first-order valence-electron chi connectivity index (χ1n) is 8.25. The fourth-order valence-corrected chi connectivity index (χ4v) is 4.16. The lowest BCUT2D eigenvalue weighted by molar-refractivity contribution is 0.111. The number of nitrogens with one attached hydrogen (secondary N) is 1. The van der Waals surface area contributed by atoms with Gasteiger partial charge in [-0.05, 0) is 63.7 Å². The van der Waals surface area contributed by atoms with Crippen molar-refractivity contribution < 1.29 is 4.42 Å². The van der Waals surface area contributed by atoms with Crippen molar-refractivity contribution in [2.45, 2.75) is 63.6 Å². The van der Waals surface area contributed by atoms with Crippen LogP contribution >= 0.6 is 0 Å². The van der Waals surface area contributed by atoms with Gasteiger partial charge in [0.05, 0.1) is 6.26 Å². The molecule has 0 radical (unpaired) electrons. The molecule has 3 nitrogen and oxygen atoms in total. The highest BCUT2D eigenvalue weighted by Crippen LogP contribution is 2.39. The Bertz CT molecular complexity index is 389. The molecule has 3 atom stereocenters. The van der Waals surface area contributed by atoms with E-state index in [1.54, 1.807) is 6.26 Å². The molecule has 2 saturated heterocycles. The van der Waals surface area contributed by atoms with Gasteiger partial charge in [0.15, 0.2) is 0 Å². The Labute approximate surface area is 122 Å². The van der Waals surface area contributed by atoms with E-state index in [-0.39, 0.29) is 0 Å². The summed E-state index contributed by atoms with van der Waals surface area (Å²) in [6, 6.07) is 6.34. The van der Waals surface area contributed by atoms with Crippen LogP contribution in [0.25, 0.3) is 0 Å². The Morgan fingerprint density at radius 2 is 2.10 bits per heavy atom. The van der Waals surface area contributed by atoms with E-state index < -0.39 is 0 Å². The minimum absolute atomic E-state index is 0.581. The van der Waals surface area contributed by atoms with E-state index in [4.69, 9.17) is 4.42 Å². The normalized spacial score (nSPS) is 31.6. The Balaban J connectivity index is 1.66. The first kappa shape index (κ1) is 14.2. The SMILES string of the molecule is CCCNC(Cc1ccco1)C1CC2CCC(C1)N2C. The molecule has 3 heteroatoms. The highest BCUT2D eigenvalue weighted by molar-refractivity contribution is 5.04. The molecule has 2 aliphatic rings. The number of hydrogen-bond acceptors (Lipinski definition) is 3. The van der Waals surface area contributed by atoms with Gasteiger partial charge in [0.25, 0.3) is 0 Å². The second-order valence-electron chi connectivity index (χ2n) is 6.63. The van der Waals surface area contributed by atoms with Crippen molar-refractivity contribution >= 4 is 0 Å². The number of fused-ring (bicyclic) bond motifs is 2. The molecule has 1 aromatic heterocycles. The van der Waals surface area contributed by atoms with Gasteiger partial charge >= 0.3 is 0 Å². The van der Waals surface area contributed by atoms with E-state index in [9.17, 15) is 0 Å². The zero-order valence-corrected chi connectivity index (χ0v) is 12.8. The lowest BCUT2D eigenvalue weighted by Crippen LogP contribution is -2.48. The Kier molecular flexibility index (Phi) is 4.47. The summed E-state index contributed by atoms with van der Waals surface area (Å²) in [7, 11) is 2.32. The maximum Gasteiger partial charge on any atom is 0.105 e. The average molecular weight is 276 g/mol. The first-order valence-corrected chi connectivity index (χ1v) is 8.25. The molecule has 3 heterocycles. The van der Waals surface area contributed by atoms with E-state index in [2.05, 4.69) is 30.3 Å². The van der Waals surface area contributed by atoms with Crippen LogP contribution in [0.4, 0.5) is 0 Å². The number of hydrogen-bond donors (Lipinski definition) is 1. The van der Waals surface area contributed by atoms with Crippen LogP contribution in [0.5, 0.6) is 0 Å². The van der Waals surface area contributed by atoms with E-state index >= 15 is 0 Å². The molecule has 3 unspecified atom stereocenters. The summed E-state index contributed by atoms with van der Waals surface area (Å²) >= 11 is 0. The van der Waals surface area contributed by atoms with Crippen LogP contribution in [-0.2, 0) is 6.42 Å². The van der Waals surface area contributed by atoms with Gasteiger partial charge in [-0.15, -0.1) is 0 Å². The second-order valence-corrected chi connectivity index (χ2v) is 6.63.